The van der Waals surface area contributed by atoms with E-state index in [2.05, 4.69) is 0 Å². The van der Waals surface area contributed by atoms with Crippen molar-refractivity contribution >= 4 is 11.6 Å². The van der Waals surface area contributed by atoms with Crippen molar-refractivity contribution < 1.29 is 14.7 Å². The summed E-state index contributed by atoms with van der Waals surface area (Å²) in [5, 5.41) is 10.2. The molecule has 2 saturated carbocycles. The predicted octanol–water partition coefficient (Wildman–Crippen LogP) is 3.38. The lowest BCUT2D eigenvalue weighted by atomic mass is 9.62. The lowest BCUT2D eigenvalue weighted by Crippen LogP contribution is -2.42. The number of aromatic hydroxyl groups is 1. The first-order chi connectivity index (χ1) is 9.93. The van der Waals surface area contributed by atoms with E-state index in [9.17, 15) is 14.7 Å². The van der Waals surface area contributed by atoms with Crippen LogP contribution in [0.25, 0.3) is 0 Å². The summed E-state index contributed by atoms with van der Waals surface area (Å²) in [5.74, 6) is 0.503. The van der Waals surface area contributed by atoms with Crippen molar-refractivity contribution in [2.45, 2.75) is 45.4 Å². The third kappa shape index (κ3) is 1.60. The minimum Gasteiger partial charge on any atom is -0.507 e. The van der Waals surface area contributed by atoms with Crippen molar-refractivity contribution in [1.82, 2.24) is 0 Å². The van der Waals surface area contributed by atoms with Crippen molar-refractivity contribution in [1.29, 1.82) is 0 Å². The Morgan fingerprint density at radius 1 is 1.19 bits per heavy atom. The molecule has 21 heavy (non-hydrogen) atoms. The standard InChI is InChI=1S/C18H20O3/c1-9-7-12-14(13(19)8-9)16(20)17(21)18(2)6-5-11(15(12)18)10-3-4-10/h7-8,10-11,15,19H,3-6H2,1-2H3/t11-,15-,18-/m1/s1. The van der Waals surface area contributed by atoms with E-state index in [0.29, 0.717) is 11.8 Å². The van der Waals surface area contributed by atoms with E-state index >= 15 is 0 Å². The molecule has 3 atom stereocenters. The van der Waals surface area contributed by atoms with Crippen molar-refractivity contribution in [3.05, 3.63) is 28.8 Å². The normalized spacial score (nSPS) is 34.8. The van der Waals surface area contributed by atoms with E-state index in [0.717, 1.165) is 24.0 Å². The van der Waals surface area contributed by atoms with Crippen molar-refractivity contribution in [2.75, 3.05) is 0 Å². The van der Waals surface area contributed by atoms with Gasteiger partial charge in [0.1, 0.15) is 5.75 Å². The fourth-order valence-corrected chi connectivity index (χ4v) is 4.78. The first-order valence-electron chi connectivity index (χ1n) is 7.86. The highest BCUT2D eigenvalue weighted by Crippen LogP contribution is 2.62. The molecule has 0 aromatic heterocycles. The number of phenolic OH excluding ortho intramolecular Hbond substituents is 1. The molecular formula is C18H20O3. The van der Waals surface area contributed by atoms with Crippen LogP contribution in [0, 0.1) is 24.2 Å². The fraction of sp³-hybridized carbons (Fsp3) is 0.556. The van der Waals surface area contributed by atoms with Crippen molar-refractivity contribution in [2.24, 2.45) is 17.3 Å². The van der Waals surface area contributed by atoms with Gasteiger partial charge in [-0.05, 0) is 61.6 Å². The molecule has 3 nitrogen and oxygen atoms in total. The summed E-state index contributed by atoms with van der Waals surface area (Å²) >= 11 is 0. The SMILES string of the molecule is Cc1cc(O)c2c(c1)[C@H]1[C@@H](C3CC3)CC[C@@]1(C)C(=O)C2=O. The van der Waals surface area contributed by atoms with Gasteiger partial charge in [0, 0.05) is 11.3 Å². The summed E-state index contributed by atoms with van der Waals surface area (Å²) in [5.41, 5.74) is 1.60. The maximum atomic E-state index is 12.7. The topological polar surface area (TPSA) is 54.4 Å². The van der Waals surface area contributed by atoms with Crippen molar-refractivity contribution in [3.8, 4) is 5.75 Å². The van der Waals surface area contributed by atoms with Gasteiger partial charge in [0.25, 0.3) is 0 Å². The minimum atomic E-state index is -0.558. The Morgan fingerprint density at radius 2 is 1.90 bits per heavy atom. The fourth-order valence-electron chi connectivity index (χ4n) is 4.78. The number of aryl methyl sites for hydroxylation is 1. The first kappa shape index (κ1) is 13.1. The highest BCUT2D eigenvalue weighted by molar-refractivity contribution is 6.47. The molecule has 0 bridgehead atoms. The molecule has 0 radical (unpaired) electrons. The molecule has 4 rings (SSSR count). The van der Waals surface area contributed by atoms with E-state index in [1.807, 2.05) is 19.9 Å². The molecule has 1 N–H and O–H groups in total. The highest BCUT2D eigenvalue weighted by atomic mass is 16.3. The third-order valence-electron chi connectivity index (χ3n) is 5.92. The molecule has 0 spiro atoms. The van der Waals surface area contributed by atoms with Gasteiger partial charge in [0.2, 0.25) is 11.6 Å². The van der Waals surface area contributed by atoms with Gasteiger partial charge in [-0.15, -0.1) is 0 Å². The van der Waals surface area contributed by atoms with E-state index in [1.54, 1.807) is 6.07 Å². The molecule has 2 fully saturated rings. The number of ketones is 2. The van der Waals surface area contributed by atoms with Crippen LogP contribution in [-0.4, -0.2) is 16.7 Å². The predicted molar refractivity (Wildman–Crippen MR) is 78.5 cm³/mol. The Labute approximate surface area is 124 Å². The number of phenols is 1. The molecule has 1 aromatic carbocycles. The average Bonchev–Trinajstić information content (AvgIpc) is 3.19. The van der Waals surface area contributed by atoms with Gasteiger partial charge in [-0.2, -0.15) is 0 Å². The Morgan fingerprint density at radius 3 is 2.57 bits per heavy atom. The van der Waals surface area contributed by atoms with Gasteiger partial charge in [-0.1, -0.05) is 13.0 Å². The number of hydrogen-bond donors (Lipinski definition) is 1. The Hall–Kier alpha value is -1.64. The molecule has 0 heterocycles. The minimum absolute atomic E-state index is 0.0214. The molecule has 110 valence electrons. The van der Waals surface area contributed by atoms with Crippen LogP contribution in [0.4, 0.5) is 0 Å². The zero-order valence-electron chi connectivity index (χ0n) is 12.5. The van der Waals surface area contributed by atoms with E-state index < -0.39 is 11.2 Å². The maximum absolute atomic E-state index is 12.7. The maximum Gasteiger partial charge on any atom is 0.233 e. The summed E-state index contributed by atoms with van der Waals surface area (Å²) in [6, 6.07) is 3.61. The number of carbonyl (C=O) groups excluding carboxylic acids is 2. The lowest BCUT2D eigenvalue weighted by molar-refractivity contribution is -0.124. The number of hydrogen-bond acceptors (Lipinski definition) is 3. The molecule has 0 amide bonds. The zero-order valence-corrected chi connectivity index (χ0v) is 12.5. The molecule has 3 aliphatic rings. The van der Waals surface area contributed by atoms with Gasteiger partial charge in [-0.3, -0.25) is 9.59 Å². The number of rotatable bonds is 1. The van der Waals surface area contributed by atoms with Crippen LogP contribution in [0.3, 0.4) is 0 Å². The largest absolute Gasteiger partial charge is 0.507 e. The van der Waals surface area contributed by atoms with Crippen LogP contribution in [0.2, 0.25) is 0 Å². The summed E-state index contributed by atoms with van der Waals surface area (Å²) < 4.78 is 0. The van der Waals surface area contributed by atoms with Crippen molar-refractivity contribution in [3.63, 3.8) is 0 Å². The summed E-state index contributed by atoms with van der Waals surface area (Å²) in [4.78, 5) is 25.1. The van der Waals surface area contributed by atoms with Crippen LogP contribution in [0.5, 0.6) is 5.75 Å². The van der Waals surface area contributed by atoms with Gasteiger partial charge in [0.05, 0.1) is 5.56 Å². The number of Topliss-reactive ketones (excluding diaryl/α,β-unsaturated/α-hetero) is 2. The summed E-state index contributed by atoms with van der Waals surface area (Å²) in [6.07, 6.45) is 4.32. The molecule has 0 aliphatic heterocycles. The van der Waals surface area contributed by atoms with Gasteiger partial charge in [-0.25, -0.2) is 0 Å². The number of carbonyl (C=O) groups is 2. The first-order valence-corrected chi connectivity index (χ1v) is 7.86. The second kappa shape index (κ2) is 3.96. The van der Waals surface area contributed by atoms with Crippen LogP contribution < -0.4 is 0 Å². The van der Waals surface area contributed by atoms with E-state index in [1.165, 1.54) is 12.8 Å². The van der Waals surface area contributed by atoms with E-state index in [-0.39, 0.29) is 23.0 Å². The van der Waals surface area contributed by atoms with Crippen LogP contribution in [-0.2, 0) is 4.79 Å². The summed E-state index contributed by atoms with van der Waals surface area (Å²) in [6.45, 7) is 3.89. The molecule has 0 unspecified atom stereocenters. The monoisotopic (exact) mass is 284 g/mol. The van der Waals surface area contributed by atoms with Gasteiger partial charge < -0.3 is 5.11 Å². The Bertz CT molecular complexity index is 671. The smallest absolute Gasteiger partial charge is 0.233 e. The second-order valence-corrected chi connectivity index (χ2v) is 7.34. The molecule has 1 aromatic rings. The Kier molecular flexibility index (Phi) is 2.46. The number of benzene rings is 1. The third-order valence-corrected chi connectivity index (χ3v) is 5.92. The quantitative estimate of drug-likeness (QED) is 0.804. The Balaban J connectivity index is 1.97. The molecular weight excluding hydrogens is 264 g/mol. The van der Waals surface area contributed by atoms with Gasteiger partial charge in [0.15, 0.2) is 0 Å². The van der Waals surface area contributed by atoms with Gasteiger partial charge >= 0.3 is 0 Å². The number of fused-ring (bicyclic) bond motifs is 3. The van der Waals surface area contributed by atoms with Crippen LogP contribution >= 0.6 is 0 Å². The van der Waals surface area contributed by atoms with Crippen LogP contribution in [0.15, 0.2) is 12.1 Å². The highest BCUT2D eigenvalue weighted by Gasteiger charge is 2.59. The zero-order chi connectivity index (χ0) is 14.9. The average molecular weight is 284 g/mol. The molecule has 0 saturated heterocycles. The lowest BCUT2D eigenvalue weighted by Gasteiger charge is -2.38. The molecule has 3 heteroatoms. The van der Waals surface area contributed by atoms with Crippen LogP contribution in [0.1, 0.15) is 60.0 Å². The van der Waals surface area contributed by atoms with E-state index in [4.69, 9.17) is 0 Å². The molecule has 3 aliphatic carbocycles. The second-order valence-electron chi connectivity index (χ2n) is 7.34. The summed E-state index contributed by atoms with van der Waals surface area (Å²) in [7, 11) is 0.